The summed E-state index contributed by atoms with van der Waals surface area (Å²) in [4.78, 5) is 35.3. The monoisotopic (exact) mass is 646 g/mol. The number of fused-ring (bicyclic) bond motifs is 1. The summed E-state index contributed by atoms with van der Waals surface area (Å²) in [5, 5.41) is 13.2. The molecule has 11 nitrogen and oxygen atoms in total. The molecule has 1 atom stereocenters. The summed E-state index contributed by atoms with van der Waals surface area (Å²) in [5.41, 5.74) is 15.9. The van der Waals surface area contributed by atoms with E-state index in [0.29, 0.717) is 71.8 Å². The SMILES string of the molecule is CC(C)(C)c1ccc(Oc2cccc(-c3nc4cc(C(=O)NCCc5ccccn5)ccc4n3C(CCCNC(=N)N)C(N)=O)c2)cc1. The smallest absolute Gasteiger partial charge is 0.251 e. The van der Waals surface area contributed by atoms with Gasteiger partial charge in [-0.25, -0.2) is 4.98 Å². The van der Waals surface area contributed by atoms with Crippen molar-refractivity contribution >= 4 is 28.8 Å². The molecule has 0 aliphatic carbocycles. The maximum atomic E-state index is 13.1. The molecule has 5 rings (SSSR count). The molecule has 2 amide bonds. The summed E-state index contributed by atoms with van der Waals surface area (Å²) in [6.45, 7) is 7.32. The van der Waals surface area contributed by atoms with Gasteiger partial charge in [-0.05, 0) is 78.4 Å². The Kier molecular flexibility index (Phi) is 10.4. The third-order valence-corrected chi connectivity index (χ3v) is 8.00. The number of ether oxygens (including phenoxy) is 1. The number of primary amides is 1. The largest absolute Gasteiger partial charge is 0.457 e. The minimum Gasteiger partial charge on any atom is -0.457 e. The molecule has 2 heterocycles. The maximum absolute atomic E-state index is 13.1. The first kappa shape index (κ1) is 33.6. The number of nitrogens with zero attached hydrogens (tertiary/aromatic N) is 3. The van der Waals surface area contributed by atoms with Crippen LogP contribution in [0.25, 0.3) is 22.4 Å². The van der Waals surface area contributed by atoms with Crippen LogP contribution in [-0.2, 0) is 16.6 Å². The first-order chi connectivity index (χ1) is 23.0. The standard InChI is InChI=1S/C37H42N8O3/c1-37(2,3)26-13-15-28(16-14-26)48-29-10-6-8-24(22-29)34-44-30-23-25(35(47)42-21-18-27-9-4-5-19-41-27)12-17-31(30)45(34)32(33(38)46)11-7-20-43-36(39)40/h4-6,8-10,12-17,19,22-23,32H,7,11,18,20-21H2,1-3H3,(H2,38,46)(H,42,47)(H4,39,40,43). The lowest BCUT2D eigenvalue weighted by Crippen LogP contribution is -2.32. The number of carbonyl (C=O) groups is 2. The summed E-state index contributed by atoms with van der Waals surface area (Å²) < 4.78 is 8.05. The second kappa shape index (κ2) is 14.8. The summed E-state index contributed by atoms with van der Waals surface area (Å²) >= 11 is 0. The van der Waals surface area contributed by atoms with Crippen molar-refractivity contribution in [3.8, 4) is 22.9 Å². The lowest BCUT2D eigenvalue weighted by Gasteiger charge is -2.20. The minimum absolute atomic E-state index is 0.0246. The third-order valence-electron chi connectivity index (χ3n) is 8.00. The fourth-order valence-corrected chi connectivity index (χ4v) is 5.49. The predicted octanol–water partition coefficient (Wildman–Crippen LogP) is 5.45. The van der Waals surface area contributed by atoms with Crippen molar-refractivity contribution in [3.63, 3.8) is 0 Å². The second-order valence-electron chi connectivity index (χ2n) is 12.6. The number of imidazole rings is 1. The van der Waals surface area contributed by atoms with Crippen molar-refractivity contribution in [3.05, 3.63) is 108 Å². The van der Waals surface area contributed by atoms with Gasteiger partial charge in [-0.3, -0.25) is 20.0 Å². The number of rotatable bonds is 13. The van der Waals surface area contributed by atoms with Crippen molar-refractivity contribution in [1.82, 2.24) is 25.2 Å². The number of hydrogen-bond acceptors (Lipinski definition) is 6. The molecule has 7 N–H and O–H groups in total. The van der Waals surface area contributed by atoms with E-state index in [1.54, 1.807) is 24.4 Å². The molecule has 48 heavy (non-hydrogen) atoms. The average Bonchev–Trinajstić information content (AvgIpc) is 3.43. The highest BCUT2D eigenvalue weighted by Gasteiger charge is 2.25. The molecule has 0 saturated carbocycles. The Morgan fingerprint density at radius 1 is 0.917 bits per heavy atom. The van der Waals surface area contributed by atoms with E-state index in [9.17, 15) is 9.59 Å². The minimum atomic E-state index is -0.758. The Hall–Kier alpha value is -5.71. The van der Waals surface area contributed by atoms with Crippen LogP contribution < -0.4 is 26.8 Å². The number of guanidine groups is 1. The van der Waals surface area contributed by atoms with E-state index in [2.05, 4.69) is 48.5 Å². The highest BCUT2D eigenvalue weighted by atomic mass is 16.5. The third kappa shape index (κ3) is 8.35. The zero-order valence-electron chi connectivity index (χ0n) is 27.5. The molecule has 0 spiro atoms. The van der Waals surface area contributed by atoms with Gasteiger partial charge >= 0.3 is 0 Å². The summed E-state index contributed by atoms with van der Waals surface area (Å²) in [5.74, 6) is 0.897. The van der Waals surface area contributed by atoms with Crippen molar-refractivity contribution in [2.24, 2.45) is 11.5 Å². The van der Waals surface area contributed by atoms with Gasteiger partial charge in [0.2, 0.25) is 5.91 Å². The number of nitrogens with two attached hydrogens (primary N) is 2. The van der Waals surface area contributed by atoms with Crippen LogP contribution in [0.1, 0.15) is 61.3 Å². The normalized spacial score (nSPS) is 12.0. The number of aromatic nitrogens is 3. The molecule has 0 fully saturated rings. The van der Waals surface area contributed by atoms with Crippen LogP contribution in [-0.4, -0.2) is 45.4 Å². The molecule has 0 aliphatic rings. The number of benzene rings is 3. The maximum Gasteiger partial charge on any atom is 0.251 e. The van der Waals surface area contributed by atoms with E-state index in [1.165, 1.54) is 5.56 Å². The van der Waals surface area contributed by atoms with Gasteiger partial charge in [0.1, 0.15) is 23.4 Å². The number of pyridine rings is 1. The van der Waals surface area contributed by atoms with Crippen LogP contribution in [0, 0.1) is 5.41 Å². The van der Waals surface area contributed by atoms with Gasteiger partial charge in [0.05, 0.1) is 11.0 Å². The predicted molar refractivity (Wildman–Crippen MR) is 188 cm³/mol. The Balaban J connectivity index is 1.47. The second-order valence-corrected chi connectivity index (χ2v) is 12.6. The van der Waals surface area contributed by atoms with Crippen LogP contribution in [0.3, 0.4) is 0 Å². The topological polar surface area (TPSA) is 174 Å². The quantitative estimate of drug-likeness (QED) is 0.0642. The van der Waals surface area contributed by atoms with E-state index in [4.69, 9.17) is 26.6 Å². The highest BCUT2D eigenvalue weighted by molar-refractivity contribution is 5.98. The van der Waals surface area contributed by atoms with Crippen LogP contribution in [0.5, 0.6) is 11.5 Å². The lowest BCUT2D eigenvalue weighted by atomic mass is 9.87. The molecule has 3 aromatic carbocycles. The van der Waals surface area contributed by atoms with Crippen molar-refractivity contribution < 1.29 is 14.3 Å². The fraction of sp³-hybridized carbons (Fsp3) is 0.270. The zero-order chi connectivity index (χ0) is 34.3. The molecule has 5 aromatic rings. The van der Waals surface area contributed by atoms with E-state index >= 15 is 0 Å². The Morgan fingerprint density at radius 3 is 2.40 bits per heavy atom. The van der Waals surface area contributed by atoms with Gasteiger partial charge in [-0.2, -0.15) is 0 Å². The summed E-state index contributed by atoms with van der Waals surface area (Å²) in [6.07, 6.45) is 3.23. The zero-order valence-corrected chi connectivity index (χ0v) is 27.5. The first-order valence-electron chi connectivity index (χ1n) is 16.0. The molecule has 248 valence electrons. The Bertz CT molecular complexity index is 1900. The molecule has 0 saturated heterocycles. The van der Waals surface area contributed by atoms with Crippen molar-refractivity contribution in [2.45, 2.75) is 51.5 Å². The van der Waals surface area contributed by atoms with Gasteiger partial charge in [0.25, 0.3) is 5.91 Å². The molecule has 11 heteroatoms. The van der Waals surface area contributed by atoms with Gasteiger partial charge in [0, 0.05) is 42.5 Å². The van der Waals surface area contributed by atoms with E-state index in [-0.39, 0.29) is 17.3 Å². The molecule has 0 bridgehead atoms. The van der Waals surface area contributed by atoms with Crippen LogP contribution in [0.4, 0.5) is 0 Å². The van der Waals surface area contributed by atoms with Gasteiger partial charge in [-0.1, -0.05) is 51.1 Å². The molecule has 0 radical (unpaired) electrons. The summed E-state index contributed by atoms with van der Waals surface area (Å²) in [7, 11) is 0. The molecular weight excluding hydrogens is 604 g/mol. The Morgan fingerprint density at radius 2 is 1.71 bits per heavy atom. The van der Waals surface area contributed by atoms with Crippen LogP contribution in [0.2, 0.25) is 0 Å². The van der Waals surface area contributed by atoms with Gasteiger partial charge < -0.3 is 31.4 Å². The van der Waals surface area contributed by atoms with Gasteiger partial charge in [-0.15, -0.1) is 0 Å². The Labute approximate surface area is 280 Å². The van der Waals surface area contributed by atoms with E-state index in [1.807, 2.05) is 59.2 Å². The summed E-state index contributed by atoms with van der Waals surface area (Å²) in [6, 6.07) is 25.7. The molecular formula is C37H42N8O3. The number of hydrogen-bond donors (Lipinski definition) is 5. The highest BCUT2D eigenvalue weighted by Crippen LogP contribution is 2.34. The number of amides is 2. The molecule has 1 unspecified atom stereocenters. The van der Waals surface area contributed by atoms with Crippen LogP contribution >= 0.6 is 0 Å². The number of nitrogens with one attached hydrogen (secondary N) is 3. The number of carbonyl (C=O) groups excluding carboxylic acids is 2. The molecule has 2 aromatic heterocycles. The fourth-order valence-electron chi connectivity index (χ4n) is 5.49. The average molecular weight is 647 g/mol. The first-order valence-corrected chi connectivity index (χ1v) is 16.0. The van der Waals surface area contributed by atoms with Gasteiger partial charge in [0.15, 0.2) is 5.96 Å². The van der Waals surface area contributed by atoms with Crippen molar-refractivity contribution in [2.75, 3.05) is 13.1 Å². The lowest BCUT2D eigenvalue weighted by molar-refractivity contribution is -0.121. The van der Waals surface area contributed by atoms with Crippen molar-refractivity contribution in [1.29, 1.82) is 5.41 Å². The molecule has 0 aliphatic heterocycles. The van der Waals surface area contributed by atoms with E-state index in [0.717, 1.165) is 5.69 Å². The van der Waals surface area contributed by atoms with Crippen LogP contribution in [0.15, 0.2) is 91.1 Å². The van der Waals surface area contributed by atoms with E-state index < -0.39 is 11.9 Å².